The molecule has 116 valence electrons. The van der Waals surface area contributed by atoms with Crippen molar-refractivity contribution in [3.63, 3.8) is 0 Å². The summed E-state index contributed by atoms with van der Waals surface area (Å²) >= 11 is 0. The van der Waals surface area contributed by atoms with Crippen molar-refractivity contribution in [3.05, 3.63) is 29.8 Å². The Labute approximate surface area is 126 Å². The molecule has 1 amide bonds. The number of nitrogens with one attached hydrogen (secondary N) is 1. The van der Waals surface area contributed by atoms with Crippen LogP contribution in [0.15, 0.2) is 24.3 Å². The highest BCUT2D eigenvalue weighted by atomic mass is 16.3. The SMILES string of the molecule is CN1CCCCC1CNC(=O)[C@H](N)Cc1ccc(O)cc1. The minimum atomic E-state index is -0.552. The van der Waals surface area contributed by atoms with E-state index >= 15 is 0 Å². The summed E-state index contributed by atoms with van der Waals surface area (Å²) < 4.78 is 0. The van der Waals surface area contributed by atoms with E-state index in [2.05, 4.69) is 17.3 Å². The molecular formula is C16H25N3O2. The third kappa shape index (κ3) is 4.72. The summed E-state index contributed by atoms with van der Waals surface area (Å²) in [5.41, 5.74) is 6.90. The summed E-state index contributed by atoms with van der Waals surface area (Å²) in [6, 6.07) is 6.66. The number of nitrogens with zero attached hydrogens (tertiary/aromatic N) is 1. The maximum absolute atomic E-state index is 12.1. The maximum Gasteiger partial charge on any atom is 0.237 e. The van der Waals surface area contributed by atoms with Crippen molar-refractivity contribution < 1.29 is 9.90 Å². The Kier molecular flexibility index (Phi) is 5.59. The molecule has 1 saturated heterocycles. The number of piperidine rings is 1. The van der Waals surface area contributed by atoms with Gasteiger partial charge in [-0.25, -0.2) is 0 Å². The van der Waals surface area contributed by atoms with Crippen LogP contribution in [0.25, 0.3) is 0 Å². The van der Waals surface area contributed by atoms with Gasteiger partial charge >= 0.3 is 0 Å². The molecule has 1 aliphatic heterocycles. The predicted octanol–water partition coefficient (Wildman–Crippen LogP) is 0.863. The monoisotopic (exact) mass is 291 g/mol. The normalized spacial score (nSPS) is 21.0. The van der Waals surface area contributed by atoms with Gasteiger partial charge in [0.25, 0.3) is 0 Å². The molecule has 1 aliphatic rings. The lowest BCUT2D eigenvalue weighted by atomic mass is 10.0. The molecule has 2 rings (SSSR count). The minimum Gasteiger partial charge on any atom is -0.508 e. The van der Waals surface area contributed by atoms with Crippen LogP contribution < -0.4 is 11.1 Å². The van der Waals surface area contributed by atoms with Gasteiger partial charge in [-0.15, -0.1) is 0 Å². The average Bonchev–Trinajstić information content (AvgIpc) is 2.48. The standard InChI is InChI=1S/C16H25N3O2/c1-19-9-3-2-4-13(19)11-18-16(21)15(17)10-12-5-7-14(20)8-6-12/h5-8,13,15,20H,2-4,9-11,17H2,1H3,(H,18,21)/t13?,15-/m1/s1. The Bertz CT molecular complexity index is 461. The van der Waals surface area contributed by atoms with Gasteiger partial charge in [-0.1, -0.05) is 18.6 Å². The summed E-state index contributed by atoms with van der Waals surface area (Å²) in [5, 5.41) is 12.2. The van der Waals surface area contributed by atoms with Crippen molar-refractivity contribution in [1.82, 2.24) is 10.2 Å². The topological polar surface area (TPSA) is 78.6 Å². The summed E-state index contributed by atoms with van der Waals surface area (Å²) in [6.07, 6.45) is 4.07. The molecule has 4 N–H and O–H groups in total. The van der Waals surface area contributed by atoms with Crippen LogP contribution in [0.2, 0.25) is 0 Å². The van der Waals surface area contributed by atoms with Gasteiger partial charge in [-0.05, 0) is 50.6 Å². The molecule has 1 unspecified atom stereocenters. The first-order valence-corrected chi connectivity index (χ1v) is 7.57. The molecule has 1 heterocycles. The Balaban J connectivity index is 1.78. The van der Waals surface area contributed by atoms with Gasteiger partial charge in [0.2, 0.25) is 5.91 Å². The number of benzene rings is 1. The van der Waals surface area contributed by atoms with E-state index in [-0.39, 0.29) is 11.7 Å². The van der Waals surface area contributed by atoms with Gasteiger partial charge in [-0.3, -0.25) is 4.79 Å². The fourth-order valence-corrected chi connectivity index (χ4v) is 2.73. The van der Waals surface area contributed by atoms with Crippen molar-refractivity contribution >= 4 is 5.91 Å². The van der Waals surface area contributed by atoms with E-state index in [9.17, 15) is 9.90 Å². The van der Waals surface area contributed by atoms with Crippen LogP contribution in [0, 0.1) is 0 Å². The molecule has 1 fully saturated rings. The summed E-state index contributed by atoms with van der Waals surface area (Å²) in [7, 11) is 2.10. The number of nitrogens with two attached hydrogens (primary N) is 1. The molecule has 0 saturated carbocycles. The number of likely N-dealkylation sites (N-methyl/N-ethyl adjacent to an activating group) is 1. The summed E-state index contributed by atoms with van der Waals surface area (Å²) in [5.74, 6) is 0.110. The molecule has 5 nitrogen and oxygen atoms in total. The van der Waals surface area contributed by atoms with Crippen molar-refractivity contribution in [2.45, 2.75) is 37.8 Å². The number of hydrogen-bond acceptors (Lipinski definition) is 4. The lowest BCUT2D eigenvalue weighted by Crippen LogP contribution is -2.49. The number of carbonyl (C=O) groups is 1. The van der Waals surface area contributed by atoms with Crippen LogP contribution in [0.3, 0.4) is 0 Å². The van der Waals surface area contributed by atoms with E-state index in [1.54, 1.807) is 24.3 Å². The third-order valence-electron chi connectivity index (χ3n) is 4.16. The van der Waals surface area contributed by atoms with Crippen molar-refractivity contribution in [2.75, 3.05) is 20.1 Å². The Morgan fingerprint density at radius 1 is 1.43 bits per heavy atom. The smallest absolute Gasteiger partial charge is 0.237 e. The fourth-order valence-electron chi connectivity index (χ4n) is 2.73. The molecule has 0 radical (unpaired) electrons. The number of phenolic OH excluding ortho intramolecular Hbond substituents is 1. The summed E-state index contributed by atoms with van der Waals surface area (Å²) in [4.78, 5) is 14.4. The zero-order valence-corrected chi connectivity index (χ0v) is 12.6. The van der Waals surface area contributed by atoms with Crippen molar-refractivity contribution in [3.8, 4) is 5.75 Å². The van der Waals surface area contributed by atoms with Crippen LogP contribution in [0.4, 0.5) is 0 Å². The zero-order valence-electron chi connectivity index (χ0n) is 12.6. The van der Waals surface area contributed by atoms with E-state index < -0.39 is 6.04 Å². The summed E-state index contributed by atoms with van der Waals surface area (Å²) in [6.45, 7) is 1.76. The zero-order chi connectivity index (χ0) is 15.2. The van der Waals surface area contributed by atoms with Gasteiger partial charge in [0.1, 0.15) is 5.75 Å². The van der Waals surface area contributed by atoms with E-state index in [4.69, 9.17) is 5.73 Å². The molecule has 0 bridgehead atoms. The van der Waals surface area contributed by atoms with Crippen LogP contribution in [0.1, 0.15) is 24.8 Å². The van der Waals surface area contributed by atoms with Crippen molar-refractivity contribution in [2.24, 2.45) is 5.73 Å². The highest BCUT2D eigenvalue weighted by molar-refractivity contribution is 5.81. The highest BCUT2D eigenvalue weighted by Gasteiger charge is 2.21. The van der Waals surface area contributed by atoms with E-state index in [0.29, 0.717) is 19.0 Å². The molecular weight excluding hydrogens is 266 g/mol. The second-order valence-corrected chi connectivity index (χ2v) is 5.85. The predicted molar refractivity (Wildman–Crippen MR) is 83.1 cm³/mol. The van der Waals surface area contributed by atoms with Gasteiger partial charge < -0.3 is 21.1 Å². The van der Waals surface area contributed by atoms with Gasteiger partial charge in [0.05, 0.1) is 6.04 Å². The largest absolute Gasteiger partial charge is 0.508 e. The Morgan fingerprint density at radius 3 is 2.81 bits per heavy atom. The molecule has 2 atom stereocenters. The molecule has 1 aromatic carbocycles. The number of likely N-dealkylation sites (tertiary alicyclic amines) is 1. The second kappa shape index (κ2) is 7.43. The molecule has 0 aliphatic carbocycles. The number of aromatic hydroxyl groups is 1. The quantitative estimate of drug-likeness (QED) is 0.752. The third-order valence-corrected chi connectivity index (χ3v) is 4.16. The first kappa shape index (κ1) is 15.8. The van der Waals surface area contributed by atoms with Gasteiger partial charge in [0.15, 0.2) is 0 Å². The van der Waals surface area contributed by atoms with Crippen molar-refractivity contribution in [1.29, 1.82) is 0 Å². The van der Waals surface area contributed by atoms with E-state index in [1.807, 2.05) is 0 Å². The fraction of sp³-hybridized carbons (Fsp3) is 0.562. The lowest BCUT2D eigenvalue weighted by molar-refractivity contribution is -0.122. The molecule has 21 heavy (non-hydrogen) atoms. The Hall–Kier alpha value is -1.59. The Morgan fingerprint density at radius 2 is 2.14 bits per heavy atom. The molecule has 1 aromatic rings. The van der Waals surface area contributed by atoms with E-state index in [1.165, 1.54) is 12.8 Å². The number of carbonyl (C=O) groups excluding carboxylic acids is 1. The van der Waals surface area contributed by atoms with Gasteiger partial charge in [0, 0.05) is 12.6 Å². The van der Waals surface area contributed by atoms with Crippen LogP contribution >= 0.6 is 0 Å². The first-order chi connectivity index (χ1) is 10.1. The highest BCUT2D eigenvalue weighted by Crippen LogP contribution is 2.14. The van der Waals surface area contributed by atoms with Gasteiger partial charge in [-0.2, -0.15) is 0 Å². The second-order valence-electron chi connectivity index (χ2n) is 5.85. The average molecular weight is 291 g/mol. The van der Waals surface area contributed by atoms with Crippen LogP contribution in [0.5, 0.6) is 5.75 Å². The molecule has 0 spiro atoms. The minimum absolute atomic E-state index is 0.109. The van der Waals surface area contributed by atoms with Crippen LogP contribution in [-0.2, 0) is 11.2 Å². The molecule has 5 heteroatoms. The number of rotatable bonds is 5. The lowest BCUT2D eigenvalue weighted by Gasteiger charge is -2.32. The number of phenols is 1. The van der Waals surface area contributed by atoms with E-state index in [0.717, 1.165) is 18.5 Å². The number of amides is 1. The van der Waals surface area contributed by atoms with Crippen LogP contribution in [-0.4, -0.2) is 48.1 Å². The molecule has 0 aromatic heterocycles. The maximum atomic E-state index is 12.1. The number of hydrogen-bond donors (Lipinski definition) is 3. The first-order valence-electron chi connectivity index (χ1n) is 7.57.